The van der Waals surface area contributed by atoms with Gasteiger partial charge in [-0.05, 0) is 43.8 Å². The van der Waals surface area contributed by atoms with Gasteiger partial charge in [0.1, 0.15) is 24.2 Å². The van der Waals surface area contributed by atoms with Crippen LogP contribution >= 0.6 is 0 Å². The molecular weight excluding hydrogens is 536 g/mol. The second kappa shape index (κ2) is 13.5. The first-order valence-corrected chi connectivity index (χ1v) is 15.0. The van der Waals surface area contributed by atoms with E-state index < -0.39 is 18.2 Å². The van der Waals surface area contributed by atoms with Crippen molar-refractivity contribution in [3.8, 4) is 0 Å². The van der Waals surface area contributed by atoms with Crippen LogP contribution in [0.25, 0.3) is 10.9 Å². The number of nitrogens with zero attached hydrogens (tertiary/aromatic N) is 2. The third-order valence-electron chi connectivity index (χ3n) is 8.86. The number of aliphatic hydroxyl groups is 1. The van der Waals surface area contributed by atoms with Gasteiger partial charge in [0.25, 0.3) is 0 Å². The minimum Gasteiger partial charge on any atom is -0.458 e. The molecule has 3 saturated heterocycles. The van der Waals surface area contributed by atoms with Crippen LogP contribution in [0.1, 0.15) is 83.4 Å². The molecular formula is C33H42N2O7. The molecule has 1 aromatic rings. The number of aromatic nitrogens is 1. The molecule has 1 aromatic heterocycles. The second-order valence-electron chi connectivity index (χ2n) is 12.2. The standard InChI is InChI=1S/C33H42N2O7/c1-19-12-24-8-6-11-31(37)42-33-21(3)28(41-32(22(33)4)20(2)17-34-5)9-7-10-30-35-27(18-38-30)29-15-23(36)14-26(40-29)16-25(13-19)39-24/h6-7,10-11,17-18,21-26,28-29,32-33,36H,1,8-9,12-16H2,2-4H3/b10-7+,11-6-,20-17+/t21-,22-,23+,24-,25+,26-,28+,29+,32-,33-/m0/s1. The van der Waals surface area contributed by atoms with Crippen LogP contribution in [-0.2, 0) is 23.7 Å². The molecule has 3 fully saturated rings. The van der Waals surface area contributed by atoms with Gasteiger partial charge in [-0.15, -0.1) is 0 Å². The number of carbonyl (C=O) groups excluding carboxylic acids is 1. The molecule has 9 heteroatoms. The predicted octanol–water partition coefficient (Wildman–Crippen LogP) is 5.89. The molecule has 0 aliphatic carbocycles. The van der Waals surface area contributed by atoms with Gasteiger partial charge in [-0.1, -0.05) is 45.1 Å². The van der Waals surface area contributed by atoms with E-state index in [0.29, 0.717) is 43.7 Å². The maximum absolute atomic E-state index is 13.0. The van der Waals surface area contributed by atoms with Crippen LogP contribution in [0.4, 0.5) is 0 Å². The molecule has 42 heavy (non-hydrogen) atoms. The quantitative estimate of drug-likeness (QED) is 0.250. The molecule has 5 heterocycles. The summed E-state index contributed by atoms with van der Waals surface area (Å²) in [5.74, 6) is -0.183. The number of oxazole rings is 1. The maximum Gasteiger partial charge on any atom is 0.330 e. The Bertz CT molecular complexity index is 1260. The van der Waals surface area contributed by atoms with Crippen LogP contribution in [0, 0.1) is 18.4 Å². The Kier molecular flexibility index (Phi) is 9.79. The van der Waals surface area contributed by atoms with Gasteiger partial charge in [-0.3, -0.25) is 0 Å². The normalized spacial score (nSPS) is 39.7. The molecule has 0 unspecified atom stereocenters. The lowest BCUT2D eigenvalue weighted by Gasteiger charge is -2.44. The van der Waals surface area contributed by atoms with Crippen molar-refractivity contribution >= 4 is 12.0 Å². The highest BCUT2D eigenvalue weighted by Crippen LogP contribution is 2.38. The second-order valence-corrected chi connectivity index (χ2v) is 12.2. The van der Waals surface area contributed by atoms with Crippen molar-refractivity contribution in [1.29, 1.82) is 0 Å². The van der Waals surface area contributed by atoms with Crippen molar-refractivity contribution in [3.05, 3.63) is 71.4 Å². The number of fused-ring (bicyclic) bond motifs is 9. The van der Waals surface area contributed by atoms with Crippen molar-refractivity contribution in [2.24, 2.45) is 11.8 Å². The molecule has 0 aromatic carbocycles. The number of hydrogen-bond donors (Lipinski definition) is 1. The first kappa shape index (κ1) is 30.4. The van der Waals surface area contributed by atoms with Crippen LogP contribution in [0.3, 0.4) is 0 Å². The van der Waals surface area contributed by atoms with Gasteiger partial charge in [-0.2, -0.15) is 0 Å². The molecule has 0 radical (unpaired) electrons. The summed E-state index contributed by atoms with van der Waals surface area (Å²) >= 11 is 0. The summed E-state index contributed by atoms with van der Waals surface area (Å²) in [6.07, 6.45) is 12.1. The Labute approximate surface area is 248 Å². The van der Waals surface area contributed by atoms with Gasteiger partial charge in [0.15, 0.2) is 6.20 Å². The third kappa shape index (κ3) is 7.30. The van der Waals surface area contributed by atoms with Crippen LogP contribution in [0.5, 0.6) is 0 Å². The Balaban J connectivity index is 1.42. The summed E-state index contributed by atoms with van der Waals surface area (Å²) in [6.45, 7) is 17.4. The fourth-order valence-electron chi connectivity index (χ4n) is 6.80. The molecule has 10 atom stereocenters. The number of carbonyl (C=O) groups is 1. The van der Waals surface area contributed by atoms with Crippen LogP contribution in [0.15, 0.2) is 52.8 Å². The molecule has 0 amide bonds. The number of aliphatic hydroxyl groups excluding tert-OH is 1. The molecule has 4 aliphatic heterocycles. The number of rotatable bonds is 1. The Morgan fingerprint density at radius 1 is 1.05 bits per heavy atom. The zero-order valence-corrected chi connectivity index (χ0v) is 24.7. The summed E-state index contributed by atoms with van der Waals surface area (Å²) in [6, 6.07) is 0. The summed E-state index contributed by atoms with van der Waals surface area (Å²) in [7, 11) is 0. The van der Waals surface area contributed by atoms with Gasteiger partial charge in [0.2, 0.25) is 5.89 Å². The lowest BCUT2D eigenvalue weighted by atomic mass is 9.79. The minimum absolute atomic E-state index is 0.0815. The maximum atomic E-state index is 13.0. The fraction of sp³-hybridized carbons (Fsp3) is 0.606. The molecule has 4 aliphatic rings. The van der Waals surface area contributed by atoms with Crippen molar-refractivity contribution in [1.82, 2.24) is 4.98 Å². The van der Waals surface area contributed by atoms with Gasteiger partial charge in [0.05, 0.1) is 43.2 Å². The molecule has 9 nitrogen and oxygen atoms in total. The van der Waals surface area contributed by atoms with Crippen molar-refractivity contribution in [3.63, 3.8) is 0 Å². The van der Waals surface area contributed by atoms with Gasteiger partial charge >= 0.3 is 5.97 Å². The van der Waals surface area contributed by atoms with Gasteiger partial charge in [-0.25, -0.2) is 14.6 Å². The minimum atomic E-state index is -0.504. The number of hydrogen-bond acceptors (Lipinski definition) is 8. The summed E-state index contributed by atoms with van der Waals surface area (Å²) in [5.41, 5.74) is 2.57. The highest BCUT2D eigenvalue weighted by molar-refractivity contribution is 5.82. The molecule has 0 saturated carbocycles. The monoisotopic (exact) mass is 578 g/mol. The summed E-state index contributed by atoms with van der Waals surface area (Å²) in [4.78, 5) is 21.1. The van der Waals surface area contributed by atoms with Crippen molar-refractivity contribution < 1.29 is 33.3 Å². The van der Waals surface area contributed by atoms with E-state index in [1.54, 1.807) is 12.3 Å². The van der Waals surface area contributed by atoms with Gasteiger partial charge < -0.3 is 28.5 Å². The van der Waals surface area contributed by atoms with E-state index in [4.69, 9.17) is 29.9 Å². The van der Waals surface area contributed by atoms with Crippen molar-refractivity contribution in [2.75, 3.05) is 0 Å². The van der Waals surface area contributed by atoms with E-state index >= 15 is 0 Å². The lowest BCUT2D eigenvalue weighted by molar-refractivity contribution is -0.180. The van der Waals surface area contributed by atoms with E-state index in [2.05, 4.69) is 16.4 Å². The topological polar surface area (TPSA) is 105 Å². The average Bonchev–Trinajstić information content (AvgIpc) is 3.40. The first-order chi connectivity index (χ1) is 20.2. The van der Waals surface area contributed by atoms with E-state index in [0.717, 1.165) is 24.0 Å². The Morgan fingerprint density at radius 3 is 2.64 bits per heavy atom. The first-order valence-electron chi connectivity index (χ1n) is 15.0. The SMILES string of the molecule is [C-]#[N+]/C=C(\C)[C@@H]1O[C@@H]2C/C=C/c3nc(co3)[C@H]3C[C@H](O)C[C@@H](C[C@H]4CC(=C)C[C@H](C/C=C\C(=O)O[C@@H]([C@H]2C)[C@H]1C)O4)O3. The third-order valence-corrected chi connectivity index (χ3v) is 8.86. The Hall–Kier alpha value is -3.03. The van der Waals surface area contributed by atoms with E-state index in [1.165, 1.54) is 12.3 Å². The number of esters is 1. The molecule has 0 spiro atoms. The van der Waals surface area contributed by atoms with E-state index in [1.807, 2.05) is 32.9 Å². The van der Waals surface area contributed by atoms with Crippen LogP contribution < -0.4 is 0 Å². The summed E-state index contributed by atoms with van der Waals surface area (Å²) in [5, 5.41) is 10.6. The Morgan fingerprint density at radius 2 is 1.83 bits per heavy atom. The van der Waals surface area contributed by atoms with Crippen LogP contribution in [0.2, 0.25) is 0 Å². The summed E-state index contributed by atoms with van der Waals surface area (Å²) < 4.78 is 31.0. The fourth-order valence-corrected chi connectivity index (χ4v) is 6.80. The smallest absolute Gasteiger partial charge is 0.330 e. The predicted molar refractivity (Wildman–Crippen MR) is 156 cm³/mol. The number of ether oxygens (including phenoxy) is 4. The van der Waals surface area contributed by atoms with E-state index in [-0.39, 0.29) is 48.5 Å². The molecule has 8 bridgehead atoms. The molecule has 5 rings (SSSR count). The van der Waals surface area contributed by atoms with Crippen LogP contribution in [-0.4, -0.2) is 58.8 Å². The highest BCUT2D eigenvalue weighted by atomic mass is 16.6. The zero-order chi connectivity index (χ0) is 29.8. The largest absolute Gasteiger partial charge is 0.458 e. The van der Waals surface area contributed by atoms with Gasteiger partial charge in [0, 0.05) is 30.8 Å². The van der Waals surface area contributed by atoms with E-state index in [9.17, 15) is 9.90 Å². The molecule has 1 N–H and O–H groups in total. The highest BCUT2D eigenvalue weighted by Gasteiger charge is 2.43. The molecule has 226 valence electrons. The lowest BCUT2D eigenvalue weighted by Crippen LogP contribution is -2.50. The zero-order valence-electron chi connectivity index (χ0n) is 24.7. The average molecular weight is 579 g/mol. The van der Waals surface area contributed by atoms with Crippen molar-refractivity contribution in [2.45, 2.75) is 115 Å².